The van der Waals surface area contributed by atoms with E-state index in [0.29, 0.717) is 31.5 Å². The molecule has 6 heteroatoms. The Balaban J connectivity index is 3.86. The van der Waals surface area contributed by atoms with Crippen LogP contribution in [0.25, 0.3) is 0 Å². The van der Waals surface area contributed by atoms with E-state index in [1.807, 2.05) is 44.7 Å². The molecule has 0 aromatic rings. The first-order chi connectivity index (χ1) is 15.0. The Morgan fingerprint density at radius 2 is 1.69 bits per heavy atom. The summed E-state index contributed by atoms with van der Waals surface area (Å²) in [6.45, 7) is 22.7. The number of ether oxygens (including phenoxy) is 1. The van der Waals surface area contributed by atoms with Crippen molar-refractivity contribution in [1.29, 1.82) is 0 Å². The molecule has 0 aromatic heterocycles. The number of hydrogen-bond acceptors (Lipinski definition) is 4. The Morgan fingerprint density at radius 1 is 1.16 bits per heavy atom. The van der Waals surface area contributed by atoms with Gasteiger partial charge in [-0.15, -0.1) is 13.2 Å². The first kappa shape index (κ1) is 28.1. The molecule has 1 N–H and O–H groups in total. The molecule has 0 aromatic carbocycles. The van der Waals surface area contributed by atoms with Crippen molar-refractivity contribution in [1.82, 2.24) is 9.80 Å². The predicted molar refractivity (Wildman–Crippen MR) is 131 cm³/mol. The predicted octanol–water partition coefficient (Wildman–Crippen LogP) is 4.81. The van der Waals surface area contributed by atoms with Gasteiger partial charge in [0.05, 0.1) is 12.1 Å². The van der Waals surface area contributed by atoms with E-state index in [1.54, 1.807) is 6.92 Å². The Bertz CT molecular complexity index is 693. The summed E-state index contributed by atoms with van der Waals surface area (Å²) in [5, 5.41) is 10.1. The molecule has 0 unspecified atom stereocenters. The highest BCUT2D eigenvalue weighted by atomic mass is 16.5. The molecule has 3 atom stereocenters. The molecule has 1 rings (SSSR count). The average molecular weight is 449 g/mol. The number of carboxylic acid groups (broad SMARTS) is 1. The highest BCUT2D eigenvalue weighted by Crippen LogP contribution is 2.39. The van der Waals surface area contributed by atoms with Crippen molar-refractivity contribution in [2.24, 2.45) is 0 Å². The normalized spacial score (nSPS) is 21.7. The van der Waals surface area contributed by atoms with E-state index in [9.17, 15) is 14.7 Å². The molecule has 0 spiro atoms. The highest BCUT2D eigenvalue weighted by molar-refractivity contribution is 5.88. The Kier molecular flexibility index (Phi) is 10.9. The van der Waals surface area contributed by atoms with Gasteiger partial charge in [-0.2, -0.15) is 0 Å². The molecule has 32 heavy (non-hydrogen) atoms. The molecule has 182 valence electrons. The monoisotopic (exact) mass is 448 g/mol. The van der Waals surface area contributed by atoms with Gasteiger partial charge in [-0.1, -0.05) is 32.9 Å². The van der Waals surface area contributed by atoms with Crippen LogP contribution in [0.15, 0.2) is 36.5 Å². The van der Waals surface area contributed by atoms with Crippen LogP contribution < -0.4 is 0 Å². The highest BCUT2D eigenvalue weighted by Gasteiger charge is 2.49. The van der Waals surface area contributed by atoms with Crippen LogP contribution in [0.4, 0.5) is 0 Å². The lowest BCUT2D eigenvalue weighted by Crippen LogP contribution is -2.66. The molecule has 1 amide bonds. The van der Waals surface area contributed by atoms with E-state index in [2.05, 4.69) is 31.9 Å². The summed E-state index contributed by atoms with van der Waals surface area (Å²) in [5.74, 6) is -0.956. The number of amides is 1. The summed E-state index contributed by atoms with van der Waals surface area (Å²) in [5.41, 5.74) is 0.733. The van der Waals surface area contributed by atoms with E-state index in [-0.39, 0.29) is 24.1 Å². The van der Waals surface area contributed by atoms with Gasteiger partial charge < -0.3 is 14.7 Å². The average Bonchev–Trinajstić information content (AvgIpc) is 2.70. The number of carbonyl (C=O) groups is 2. The molecule has 0 saturated heterocycles. The molecule has 0 radical (unpaired) electrons. The minimum atomic E-state index is -0.911. The standard InChI is InChI=1S/C26H44N2O4/c1-10-15-27(16-11-2)22-17-21(25(30)31)20(14-5)24(32-19(12-3)13-4)23(22)28(18(6)29)26(7,8)9/h10-11,19,22-24H,1-2,12-17H2,3-9H3,(H,30,31)/t22-,23+,24+/m0/s1. The lowest BCUT2D eigenvalue weighted by atomic mass is 9.77. The van der Waals surface area contributed by atoms with Gasteiger partial charge in [0.2, 0.25) is 5.91 Å². The van der Waals surface area contributed by atoms with E-state index in [4.69, 9.17) is 4.74 Å². The van der Waals surface area contributed by atoms with Crippen molar-refractivity contribution < 1.29 is 19.4 Å². The molecular formula is C26H44N2O4. The molecule has 0 saturated carbocycles. The summed E-state index contributed by atoms with van der Waals surface area (Å²) in [4.78, 5) is 29.4. The van der Waals surface area contributed by atoms with Crippen molar-refractivity contribution in [2.45, 2.75) is 104 Å². The fourth-order valence-corrected chi connectivity index (χ4v) is 4.99. The second kappa shape index (κ2) is 12.4. The number of rotatable bonds is 12. The maximum Gasteiger partial charge on any atom is 0.331 e. The molecule has 0 fully saturated rings. The minimum Gasteiger partial charge on any atom is -0.478 e. The van der Waals surface area contributed by atoms with E-state index < -0.39 is 17.6 Å². The Morgan fingerprint density at radius 3 is 2.03 bits per heavy atom. The largest absolute Gasteiger partial charge is 0.478 e. The summed E-state index contributed by atoms with van der Waals surface area (Å²) >= 11 is 0. The lowest BCUT2D eigenvalue weighted by molar-refractivity contribution is -0.149. The lowest BCUT2D eigenvalue weighted by Gasteiger charge is -2.53. The van der Waals surface area contributed by atoms with Gasteiger partial charge in [-0.05, 0) is 52.0 Å². The van der Waals surface area contributed by atoms with Crippen LogP contribution in [0.1, 0.15) is 74.1 Å². The molecule has 0 heterocycles. The van der Waals surface area contributed by atoms with E-state index >= 15 is 0 Å². The summed E-state index contributed by atoms with van der Waals surface area (Å²) in [7, 11) is 0. The van der Waals surface area contributed by atoms with Crippen molar-refractivity contribution in [3.63, 3.8) is 0 Å². The van der Waals surface area contributed by atoms with Gasteiger partial charge >= 0.3 is 5.97 Å². The molecule has 0 aliphatic heterocycles. The number of carbonyl (C=O) groups excluding carboxylic acids is 1. The van der Waals surface area contributed by atoms with Gasteiger partial charge in [0.25, 0.3) is 0 Å². The fourth-order valence-electron chi connectivity index (χ4n) is 4.99. The van der Waals surface area contributed by atoms with Gasteiger partial charge in [0.1, 0.15) is 6.10 Å². The summed E-state index contributed by atoms with van der Waals surface area (Å²) < 4.78 is 6.66. The Hall–Kier alpha value is -1.92. The minimum absolute atomic E-state index is 0.0149. The van der Waals surface area contributed by atoms with Crippen LogP contribution in [-0.2, 0) is 14.3 Å². The fraction of sp³-hybridized carbons (Fsp3) is 0.692. The third-order valence-corrected chi connectivity index (χ3v) is 6.29. The summed E-state index contributed by atoms with van der Waals surface area (Å²) in [6.07, 6.45) is 5.67. The van der Waals surface area contributed by atoms with Crippen molar-refractivity contribution in [3.8, 4) is 0 Å². The van der Waals surface area contributed by atoms with Crippen molar-refractivity contribution in [2.75, 3.05) is 13.1 Å². The topological polar surface area (TPSA) is 70.1 Å². The Labute approximate surface area is 195 Å². The number of nitrogens with zero attached hydrogens (tertiary/aromatic N) is 2. The van der Waals surface area contributed by atoms with Gasteiger partial charge in [-0.3, -0.25) is 9.69 Å². The molecule has 1 aliphatic carbocycles. The maximum absolute atomic E-state index is 13.0. The van der Waals surface area contributed by atoms with E-state index in [1.165, 1.54) is 0 Å². The zero-order valence-corrected chi connectivity index (χ0v) is 21.2. The number of carboxylic acids is 1. The van der Waals surface area contributed by atoms with Crippen LogP contribution in [0.3, 0.4) is 0 Å². The van der Waals surface area contributed by atoms with E-state index in [0.717, 1.165) is 18.4 Å². The van der Waals surface area contributed by atoms with Crippen molar-refractivity contribution >= 4 is 11.9 Å². The van der Waals surface area contributed by atoms with Gasteiger partial charge in [0, 0.05) is 37.2 Å². The molecule has 1 aliphatic rings. The van der Waals surface area contributed by atoms with Gasteiger partial charge in [-0.25, -0.2) is 4.79 Å². The number of aliphatic carboxylic acids is 1. The molecule has 0 bridgehead atoms. The van der Waals surface area contributed by atoms with Crippen LogP contribution >= 0.6 is 0 Å². The maximum atomic E-state index is 13.0. The zero-order valence-electron chi connectivity index (χ0n) is 21.2. The van der Waals surface area contributed by atoms with Crippen LogP contribution in [0.5, 0.6) is 0 Å². The quantitative estimate of drug-likeness (QED) is 0.434. The third kappa shape index (κ3) is 6.55. The number of hydrogen-bond donors (Lipinski definition) is 1. The second-order valence-corrected chi connectivity index (χ2v) is 9.51. The van der Waals surface area contributed by atoms with Gasteiger partial charge in [0.15, 0.2) is 0 Å². The van der Waals surface area contributed by atoms with Crippen LogP contribution in [0.2, 0.25) is 0 Å². The van der Waals surface area contributed by atoms with Crippen molar-refractivity contribution in [3.05, 3.63) is 36.5 Å². The second-order valence-electron chi connectivity index (χ2n) is 9.51. The van der Waals surface area contributed by atoms with Crippen LogP contribution in [0, 0.1) is 0 Å². The first-order valence-corrected chi connectivity index (χ1v) is 11.8. The SMILES string of the molecule is C=CCN(CC=C)[C@H]1CC(C(=O)O)=C(CC)[C@@H](OC(CC)CC)[C@@H]1N(C(C)=O)C(C)(C)C. The molecule has 6 nitrogen and oxygen atoms in total. The van der Waals surface area contributed by atoms with Crippen LogP contribution in [-0.4, -0.2) is 69.7 Å². The third-order valence-electron chi connectivity index (χ3n) is 6.29. The molecular weight excluding hydrogens is 404 g/mol. The zero-order chi connectivity index (χ0) is 24.6. The first-order valence-electron chi connectivity index (χ1n) is 11.8. The summed E-state index contributed by atoms with van der Waals surface area (Å²) in [6, 6.07) is -0.569. The smallest absolute Gasteiger partial charge is 0.331 e.